The Morgan fingerprint density at radius 3 is 3.19 bits per heavy atom. The first-order valence-corrected chi connectivity index (χ1v) is 5.35. The number of carbonyl (C=O) groups is 1. The second kappa shape index (κ2) is 4.99. The predicted molar refractivity (Wildman–Crippen MR) is 59.0 cm³/mol. The molecule has 0 fully saturated rings. The second-order valence-corrected chi connectivity index (χ2v) is 3.78. The van der Waals surface area contributed by atoms with Gasteiger partial charge in [0.15, 0.2) is 5.76 Å². The third kappa shape index (κ3) is 2.52. The first-order valence-electron chi connectivity index (χ1n) is 5.35. The predicted octanol–water partition coefficient (Wildman–Crippen LogP) is 1.87. The SMILES string of the molecule is COCc1ccc(C(=O)NC2C=CCC2)o1. The van der Waals surface area contributed by atoms with Gasteiger partial charge in [-0.2, -0.15) is 0 Å². The van der Waals surface area contributed by atoms with Crippen molar-refractivity contribution in [3.63, 3.8) is 0 Å². The van der Waals surface area contributed by atoms with Crippen molar-refractivity contribution < 1.29 is 13.9 Å². The highest BCUT2D eigenvalue weighted by Gasteiger charge is 2.16. The highest BCUT2D eigenvalue weighted by atomic mass is 16.5. The smallest absolute Gasteiger partial charge is 0.287 e. The van der Waals surface area contributed by atoms with Gasteiger partial charge in [-0.1, -0.05) is 12.2 Å². The van der Waals surface area contributed by atoms with E-state index in [1.807, 2.05) is 6.08 Å². The van der Waals surface area contributed by atoms with Crippen LogP contribution in [0.1, 0.15) is 29.2 Å². The topological polar surface area (TPSA) is 51.5 Å². The number of furan rings is 1. The van der Waals surface area contributed by atoms with Crippen LogP contribution in [0.2, 0.25) is 0 Å². The highest BCUT2D eigenvalue weighted by Crippen LogP contribution is 2.12. The molecule has 1 heterocycles. The Kier molecular flexibility index (Phi) is 3.41. The summed E-state index contributed by atoms with van der Waals surface area (Å²) < 4.78 is 10.3. The van der Waals surface area contributed by atoms with Crippen LogP contribution < -0.4 is 5.32 Å². The molecule has 0 bridgehead atoms. The maximum atomic E-state index is 11.7. The molecule has 0 radical (unpaired) electrons. The van der Waals surface area contributed by atoms with Crippen molar-refractivity contribution in [3.05, 3.63) is 35.8 Å². The van der Waals surface area contributed by atoms with E-state index in [1.165, 1.54) is 0 Å². The van der Waals surface area contributed by atoms with Gasteiger partial charge in [0.05, 0.1) is 0 Å². The van der Waals surface area contributed by atoms with Crippen molar-refractivity contribution >= 4 is 5.91 Å². The van der Waals surface area contributed by atoms with Crippen LogP contribution in [0.4, 0.5) is 0 Å². The van der Waals surface area contributed by atoms with E-state index in [9.17, 15) is 4.79 Å². The van der Waals surface area contributed by atoms with Gasteiger partial charge in [0.1, 0.15) is 12.4 Å². The lowest BCUT2D eigenvalue weighted by Crippen LogP contribution is -2.31. The van der Waals surface area contributed by atoms with Crippen LogP contribution in [-0.4, -0.2) is 19.1 Å². The normalized spacial score (nSPS) is 18.9. The van der Waals surface area contributed by atoms with E-state index in [-0.39, 0.29) is 11.9 Å². The number of hydrogen-bond acceptors (Lipinski definition) is 3. The summed E-state index contributed by atoms with van der Waals surface area (Å²) in [5.41, 5.74) is 0. The highest BCUT2D eigenvalue weighted by molar-refractivity contribution is 5.91. The average Bonchev–Trinajstić information content (AvgIpc) is 2.89. The van der Waals surface area contributed by atoms with Crippen molar-refractivity contribution in [2.45, 2.75) is 25.5 Å². The van der Waals surface area contributed by atoms with Crippen LogP contribution >= 0.6 is 0 Å². The van der Waals surface area contributed by atoms with Gasteiger partial charge in [-0.05, 0) is 25.0 Å². The Hall–Kier alpha value is -1.55. The van der Waals surface area contributed by atoms with Crippen molar-refractivity contribution in [3.8, 4) is 0 Å². The molecular weight excluding hydrogens is 206 g/mol. The largest absolute Gasteiger partial charge is 0.453 e. The van der Waals surface area contributed by atoms with E-state index in [0.29, 0.717) is 18.1 Å². The maximum absolute atomic E-state index is 11.7. The van der Waals surface area contributed by atoms with Gasteiger partial charge in [0.2, 0.25) is 0 Å². The number of ether oxygens (including phenoxy) is 1. The zero-order valence-electron chi connectivity index (χ0n) is 9.23. The number of hydrogen-bond donors (Lipinski definition) is 1. The summed E-state index contributed by atoms with van der Waals surface area (Å²) in [6, 6.07) is 3.56. The average molecular weight is 221 g/mol. The number of carbonyl (C=O) groups excluding carboxylic acids is 1. The molecule has 16 heavy (non-hydrogen) atoms. The van der Waals surface area contributed by atoms with E-state index >= 15 is 0 Å². The first kappa shape index (κ1) is 11.0. The van der Waals surface area contributed by atoms with E-state index in [1.54, 1.807) is 19.2 Å². The van der Waals surface area contributed by atoms with Crippen molar-refractivity contribution in [2.24, 2.45) is 0 Å². The minimum atomic E-state index is -0.168. The Bertz CT molecular complexity index is 395. The number of nitrogens with one attached hydrogen (secondary N) is 1. The standard InChI is InChI=1S/C12H15NO3/c1-15-8-10-6-7-11(16-10)12(14)13-9-4-2-3-5-9/h2,4,6-7,9H,3,5,8H2,1H3,(H,13,14). The molecule has 1 amide bonds. The molecule has 0 spiro atoms. The van der Waals surface area contributed by atoms with Crippen LogP contribution in [0.5, 0.6) is 0 Å². The molecule has 0 saturated heterocycles. The fourth-order valence-electron chi connectivity index (χ4n) is 1.71. The van der Waals surface area contributed by atoms with Crippen LogP contribution in [0, 0.1) is 0 Å². The van der Waals surface area contributed by atoms with Gasteiger partial charge >= 0.3 is 0 Å². The molecule has 1 aromatic rings. The van der Waals surface area contributed by atoms with Crippen LogP contribution in [0.15, 0.2) is 28.7 Å². The third-order valence-corrected chi connectivity index (χ3v) is 2.50. The molecule has 0 saturated carbocycles. The van der Waals surface area contributed by atoms with Gasteiger partial charge in [0, 0.05) is 13.2 Å². The zero-order valence-corrected chi connectivity index (χ0v) is 9.23. The molecule has 1 unspecified atom stereocenters. The molecule has 86 valence electrons. The molecule has 1 aliphatic rings. The quantitative estimate of drug-likeness (QED) is 0.790. The molecule has 2 rings (SSSR count). The molecule has 4 heteroatoms. The van der Waals surface area contributed by atoms with Crippen LogP contribution in [0.25, 0.3) is 0 Å². The number of allylic oxidation sites excluding steroid dienone is 1. The molecule has 1 N–H and O–H groups in total. The van der Waals surface area contributed by atoms with Crippen LogP contribution in [0.3, 0.4) is 0 Å². The molecular formula is C12H15NO3. The Labute approximate surface area is 94.3 Å². The van der Waals surface area contributed by atoms with E-state index in [2.05, 4.69) is 11.4 Å². The fraction of sp³-hybridized carbons (Fsp3) is 0.417. The van der Waals surface area contributed by atoms with Gasteiger partial charge in [-0.25, -0.2) is 0 Å². The summed E-state index contributed by atoms with van der Waals surface area (Å²) in [4.78, 5) is 11.7. The molecule has 1 aromatic heterocycles. The van der Waals surface area contributed by atoms with E-state index < -0.39 is 0 Å². The lowest BCUT2D eigenvalue weighted by molar-refractivity contribution is 0.0907. The number of rotatable bonds is 4. The fourth-order valence-corrected chi connectivity index (χ4v) is 1.71. The summed E-state index contributed by atoms with van der Waals surface area (Å²) in [5.74, 6) is 0.834. The summed E-state index contributed by atoms with van der Waals surface area (Å²) in [6.45, 7) is 0.386. The number of methoxy groups -OCH3 is 1. The van der Waals surface area contributed by atoms with Crippen LogP contribution in [-0.2, 0) is 11.3 Å². The lowest BCUT2D eigenvalue weighted by atomic mass is 10.2. The third-order valence-electron chi connectivity index (χ3n) is 2.50. The van der Waals surface area contributed by atoms with Crippen molar-refractivity contribution in [2.75, 3.05) is 7.11 Å². The van der Waals surface area contributed by atoms with Gasteiger partial charge in [0.25, 0.3) is 5.91 Å². The monoisotopic (exact) mass is 221 g/mol. The second-order valence-electron chi connectivity index (χ2n) is 3.78. The minimum absolute atomic E-state index is 0.142. The van der Waals surface area contributed by atoms with E-state index in [4.69, 9.17) is 9.15 Å². The Morgan fingerprint density at radius 1 is 1.62 bits per heavy atom. The Balaban J connectivity index is 1.94. The molecule has 4 nitrogen and oxygen atoms in total. The van der Waals surface area contributed by atoms with E-state index in [0.717, 1.165) is 12.8 Å². The molecule has 0 aromatic carbocycles. The molecule has 0 aliphatic heterocycles. The van der Waals surface area contributed by atoms with Gasteiger partial charge in [-0.15, -0.1) is 0 Å². The maximum Gasteiger partial charge on any atom is 0.287 e. The van der Waals surface area contributed by atoms with Crippen molar-refractivity contribution in [1.82, 2.24) is 5.32 Å². The molecule has 1 atom stereocenters. The number of amides is 1. The summed E-state index contributed by atoms with van der Waals surface area (Å²) in [7, 11) is 1.59. The Morgan fingerprint density at radius 2 is 2.50 bits per heavy atom. The van der Waals surface area contributed by atoms with Gasteiger partial charge < -0.3 is 14.5 Å². The zero-order chi connectivity index (χ0) is 11.4. The summed E-state index contributed by atoms with van der Waals surface area (Å²) >= 11 is 0. The first-order chi connectivity index (χ1) is 7.79. The lowest BCUT2D eigenvalue weighted by Gasteiger charge is -2.08. The summed E-state index contributed by atoms with van der Waals surface area (Å²) in [6.07, 6.45) is 6.08. The summed E-state index contributed by atoms with van der Waals surface area (Å²) in [5, 5.41) is 2.89. The minimum Gasteiger partial charge on any atom is -0.453 e. The molecule has 1 aliphatic carbocycles. The van der Waals surface area contributed by atoms with Gasteiger partial charge in [-0.3, -0.25) is 4.79 Å². The van der Waals surface area contributed by atoms with Crippen molar-refractivity contribution in [1.29, 1.82) is 0 Å².